The number of hydrogen-bond acceptors (Lipinski definition) is 9. The Kier molecular flexibility index (Phi) is 6.93. The third kappa shape index (κ3) is 5.34. The van der Waals surface area contributed by atoms with Crippen LogP contribution in [0.2, 0.25) is 0 Å². The normalized spacial score (nSPS) is 22.0. The van der Waals surface area contributed by atoms with E-state index >= 15 is 0 Å². The summed E-state index contributed by atoms with van der Waals surface area (Å²) in [6, 6.07) is 3.14. The Morgan fingerprint density at radius 1 is 1.27 bits per heavy atom. The number of anilines is 2. The number of alkyl halides is 1. The number of ether oxygens (including phenoxy) is 3. The molecule has 5 rings (SSSR count). The molecule has 3 aromatic heterocycles. The molecule has 37 heavy (non-hydrogen) atoms. The zero-order valence-corrected chi connectivity index (χ0v) is 20.7. The third-order valence-corrected chi connectivity index (χ3v) is 5.99. The monoisotopic (exact) mass is 516 g/mol. The Bertz CT molecular complexity index is 1290. The number of nitrogens with zero attached hydrogens (tertiary/aromatic N) is 5. The SMILES string of the molecule is Cc1cn2nc(C(=O)N3CCOCC3)cc2c(Nc2cc([C@@H]3OC[C@H](OC(=O)NC(C)C)[C@@H]3F)[nH]n2)n1. The maximum absolute atomic E-state index is 15.0. The van der Waals surface area contributed by atoms with Gasteiger partial charge >= 0.3 is 6.09 Å². The van der Waals surface area contributed by atoms with Crippen LogP contribution in [0.3, 0.4) is 0 Å². The van der Waals surface area contributed by atoms with Crippen LogP contribution >= 0.6 is 0 Å². The van der Waals surface area contributed by atoms with E-state index in [1.807, 2.05) is 0 Å². The maximum Gasteiger partial charge on any atom is 0.407 e. The molecule has 2 aliphatic rings. The van der Waals surface area contributed by atoms with Crippen molar-refractivity contribution in [3.63, 3.8) is 0 Å². The lowest BCUT2D eigenvalue weighted by Crippen LogP contribution is -2.40. The Morgan fingerprint density at radius 3 is 2.81 bits per heavy atom. The van der Waals surface area contributed by atoms with Crippen molar-refractivity contribution in [1.29, 1.82) is 0 Å². The lowest BCUT2D eigenvalue weighted by atomic mass is 10.1. The van der Waals surface area contributed by atoms with Crippen LogP contribution < -0.4 is 10.6 Å². The molecule has 2 fully saturated rings. The number of aromatic amines is 1. The van der Waals surface area contributed by atoms with Crippen molar-refractivity contribution in [2.45, 2.75) is 45.2 Å². The predicted molar refractivity (Wildman–Crippen MR) is 128 cm³/mol. The second kappa shape index (κ2) is 10.3. The van der Waals surface area contributed by atoms with Gasteiger partial charge in [0.1, 0.15) is 11.6 Å². The van der Waals surface area contributed by atoms with Gasteiger partial charge in [-0.25, -0.2) is 18.7 Å². The molecule has 3 atom stereocenters. The second-order valence-corrected chi connectivity index (χ2v) is 9.27. The number of carbonyl (C=O) groups is 2. The van der Waals surface area contributed by atoms with Crippen LogP contribution in [0.1, 0.15) is 41.8 Å². The van der Waals surface area contributed by atoms with Gasteiger partial charge in [-0.2, -0.15) is 10.2 Å². The first-order valence-corrected chi connectivity index (χ1v) is 12.1. The van der Waals surface area contributed by atoms with E-state index in [0.717, 1.165) is 0 Å². The first-order chi connectivity index (χ1) is 17.8. The molecule has 0 unspecified atom stereocenters. The number of nitrogens with one attached hydrogen (secondary N) is 3. The quantitative estimate of drug-likeness (QED) is 0.447. The fourth-order valence-electron chi connectivity index (χ4n) is 4.25. The number of morpholine rings is 1. The van der Waals surface area contributed by atoms with E-state index in [9.17, 15) is 14.0 Å². The topological polar surface area (TPSA) is 148 Å². The van der Waals surface area contributed by atoms with Gasteiger partial charge in [0.05, 0.1) is 37.4 Å². The molecular weight excluding hydrogens is 487 g/mol. The minimum Gasteiger partial charge on any atom is -0.441 e. The summed E-state index contributed by atoms with van der Waals surface area (Å²) in [4.78, 5) is 31.0. The summed E-state index contributed by atoms with van der Waals surface area (Å²) < 4.78 is 32.6. The van der Waals surface area contributed by atoms with Gasteiger partial charge in [0, 0.05) is 31.3 Å². The highest BCUT2D eigenvalue weighted by atomic mass is 19.1. The smallest absolute Gasteiger partial charge is 0.407 e. The number of halogens is 1. The number of H-pyrrole nitrogens is 1. The largest absolute Gasteiger partial charge is 0.441 e. The minimum absolute atomic E-state index is 0.0744. The molecule has 13 nitrogen and oxygen atoms in total. The molecule has 0 aromatic carbocycles. The van der Waals surface area contributed by atoms with Crippen molar-refractivity contribution < 1.29 is 28.2 Å². The maximum atomic E-state index is 15.0. The number of hydrogen-bond donors (Lipinski definition) is 3. The van der Waals surface area contributed by atoms with Crippen LogP contribution in [0.25, 0.3) is 5.52 Å². The van der Waals surface area contributed by atoms with Gasteiger partial charge in [0.25, 0.3) is 5.91 Å². The number of alkyl carbamates (subject to hydrolysis) is 1. The van der Waals surface area contributed by atoms with E-state index in [4.69, 9.17) is 14.2 Å². The average molecular weight is 517 g/mol. The van der Waals surface area contributed by atoms with E-state index in [1.54, 1.807) is 48.5 Å². The summed E-state index contributed by atoms with van der Waals surface area (Å²) in [6.07, 6.45) is -2.55. The van der Waals surface area contributed by atoms with Gasteiger partial charge in [0.2, 0.25) is 0 Å². The molecule has 198 valence electrons. The van der Waals surface area contributed by atoms with Crippen molar-refractivity contribution in [3.8, 4) is 0 Å². The van der Waals surface area contributed by atoms with Crippen LogP contribution in [-0.4, -0.2) is 92.9 Å². The van der Waals surface area contributed by atoms with Crippen LogP contribution in [0.4, 0.5) is 20.8 Å². The summed E-state index contributed by atoms with van der Waals surface area (Å²) in [7, 11) is 0. The van der Waals surface area contributed by atoms with Crippen LogP contribution in [0.5, 0.6) is 0 Å². The zero-order chi connectivity index (χ0) is 26.1. The molecular formula is C23H29FN8O5. The highest BCUT2D eigenvalue weighted by molar-refractivity contribution is 5.94. The lowest BCUT2D eigenvalue weighted by Gasteiger charge is -2.25. The van der Waals surface area contributed by atoms with Gasteiger partial charge in [-0.3, -0.25) is 9.89 Å². The van der Waals surface area contributed by atoms with Crippen LogP contribution in [0.15, 0.2) is 18.3 Å². The highest BCUT2D eigenvalue weighted by Gasteiger charge is 2.42. The summed E-state index contributed by atoms with van der Waals surface area (Å²) in [5, 5.41) is 17.1. The third-order valence-electron chi connectivity index (χ3n) is 5.99. The number of aryl methyl sites for hydroxylation is 1. The number of carbonyl (C=O) groups excluding carboxylic acids is 2. The molecule has 2 amide bonds. The molecule has 0 saturated carbocycles. The molecule has 0 spiro atoms. The minimum atomic E-state index is -1.57. The lowest BCUT2D eigenvalue weighted by molar-refractivity contribution is 0.0299. The molecule has 14 heteroatoms. The standard InChI is InChI=1S/C23H29FN8O5/c1-12(2)25-23(34)37-17-11-36-20(19(17)24)14-9-18(29-28-14)27-21-16-8-15(30-32(16)10-13(3)26-21)22(33)31-4-6-35-7-5-31/h8-10,12,17,19-20H,4-7,11H2,1-3H3,(H,25,34)(H2,26,27,28,29)/t17-,19-,20-/m0/s1. The molecule has 3 N–H and O–H groups in total. The molecule has 0 aliphatic carbocycles. The summed E-state index contributed by atoms with van der Waals surface area (Å²) in [5.41, 5.74) is 1.93. The van der Waals surface area contributed by atoms with Gasteiger partial charge in [-0.1, -0.05) is 0 Å². The summed E-state index contributed by atoms with van der Waals surface area (Å²) >= 11 is 0. The zero-order valence-electron chi connectivity index (χ0n) is 20.7. The van der Waals surface area contributed by atoms with Crippen molar-refractivity contribution in [1.82, 2.24) is 35.0 Å². The van der Waals surface area contributed by atoms with Gasteiger partial charge in [-0.15, -0.1) is 0 Å². The molecule has 0 radical (unpaired) electrons. The van der Waals surface area contributed by atoms with Gasteiger partial charge in [0.15, 0.2) is 29.6 Å². The van der Waals surface area contributed by atoms with Crippen molar-refractivity contribution in [2.75, 3.05) is 38.2 Å². The average Bonchev–Trinajstić information content (AvgIpc) is 3.58. The van der Waals surface area contributed by atoms with E-state index in [-0.39, 0.29) is 18.6 Å². The number of amides is 2. The number of fused-ring (bicyclic) bond motifs is 1. The van der Waals surface area contributed by atoms with E-state index in [1.165, 1.54) is 0 Å². The molecule has 2 aliphatic heterocycles. The Labute approximate surface area is 211 Å². The first-order valence-electron chi connectivity index (χ1n) is 12.1. The number of aromatic nitrogens is 5. The second-order valence-electron chi connectivity index (χ2n) is 9.27. The van der Waals surface area contributed by atoms with E-state index in [2.05, 4.69) is 30.9 Å². The fourth-order valence-corrected chi connectivity index (χ4v) is 4.25. The van der Waals surface area contributed by atoms with Gasteiger partial charge < -0.3 is 29.7 Å². The molecule has 3 aromatic rings. The van der Waals surface area contributed by atoms with E-state index < -0.39 is 24.5 Å². The number of rotatable bonds is 6. The first kappa shape index (κ1) is 24.9. The Hall–Kier alpha value is -3.78. The molecule has 0 bridgehead atoms. The summed E-state index contributed by atoms with van der Waals surface area (Å²) in [6.45, 7) is 7.32. The van der Waals surface area contributed by atoms with Crippen molar-refractivity contribution in [3.05, 3.63) is 35.4 Å². The highest BCUT2D eigenvalue weighted by Crippen LogP contribution is 2.34. The Morgan fingerprint density at radius 2 is 2.05 bits per heavy atom. The molecule has 5 heterocycles. The fraction of sp³-hybridized carbons (Fsp3) is 0.522. The van der Waals surface area contributed by atoms with Crippen LogP contribution in [-0.2, 0) is 14.2 Å². The molecule has 2 saturated heterocycles. The summed E-state index contributed by atoms with van der Waals surface area (Å²) in [5.74, 6) is 0.626. The predicted octanol–water partition coefficient (Wildman–Crippen LogP) is 1.89. The van der Waals surface area contributed by atoms with E-state index in [0.29, 0.717) is 60.5 Å². The van der Waals surface area contributed by atoms with Crippen molar-refractivity contribution >= 4 is 29.2 Å². The Balaban J connectivity index is 1.30. The van der Waals surface area contributed by atoms with Gasteiger partial charge in [-0.05, 0) is 20.8 Å². The van der Waals surface area contributed by atoms with Crippen molar-refractivity contribution in [2.24, 2.45) is 0 Å². The van der Waals surface area contributed by atoms with Crippen LogP contribution in [0, 0.1) is 6.92 Å².